The zero-order chi connectivity index (χ0) is 15.6. The van der Waals surface area contributed by atoms with E-state index in [1.54, 1.807) is 16.7 Å². The molecule has 1 aliphatic rings. The van der Waals surface area contributed by atoms with Crippen molar-refractivity contribution in [3.63, 3.8) is 0 Å². The molecule has 1 atom stereocenters. The van der Waals surface area contributed by atoms with Crippen LogP contribution in [0.25, 0.3) is 0 Å². The van der Waals surface area contributed by atoms with E-state index in [0.717, 1.165) is 23.5 Å². The molecule has 2 rings (SSSR count). The number of hydrogen-bond donors (Lipinski definition) is 1. The lowest BCUT2D eigenvalue weighted by molar-refractivity contribution is 0.0700. The van der Waals surface area contributed by atoms with Gasteiger partial charge in [-0.05, 0) is 6.42 Å². The fraction of sp³-hybridized carbons (Fsp3) is 0.667. The highest BCUT2D eigenvalue weighted by Crippen LogP contribution is 2.32. The second-order valence-corrected chi connectivity index (χ2v) is 9.21. The Balaban J connectivity index is 2.39. The zero-order valence-corrected chi connectivity index (χ0v) is 14.4. The minimum Gasteiger partial charge on any atom is -0.477 e. The first-order valence-electron chi connectivity index (χ1n) is 6.60. The first-order valence-corrected chi connectivity index (χ1v) is 10.5. The molecule has 1 N–H and O–H groups in total. The van der Waals surface area contributed by atoms with Gasteiger partial charge in [0, 0.05) is 24.3 Å². The monoisotopic (exact) mass is 350 g/mol. The molecule has 0 aromatic carbocycles. The Labute approximate surface area is 132 Å². The number of nitrogens with zero attached hydrogens (tertiary/aromatic N) is 2. The van der Waals surface area contributed by atoms with Crippen molar-refractivity contribution in [1.29, 1.82) is 0 Å². The van der Waals surface area contributed by atoms with E-state index < -0.39 is 21.2 Å². The van der Waals surface area contributed by atoms with Gasteiger partial charge in [-0.2, -0.15) is 11.8 Å². The number of anilines is 1. The Morgan fingerprint density at radius 2 is 2.24 bits per heavy atom. The lowest BCUT2D eigenvalue weighted by Crippen LogP contribution is -2.47. The second kappa shape index (κ2) is 6.53. The maximum absolute atomic E-state index is 11.9. The van der Waals surface area contributed by atoms with Gasteiger partial charge in [0.15, 0.2) is 15.0 Å². The van der Waals surface area contributed by atoms with Crippen LogP contribution in [0.5, 0.6) is 0 Å². The molecule has 2 heterocycles. The summed E-state index contributed by atoms with van der Waals surface area (Å²) in [6.07, 6.45) is 2.61. The maximum atomic E-state index is 11.9. The molecule has 0 aliphatic carbocycles. The third-order valence-electron chi connectivity index (χ3n) is 3.19. The summed E-state index contributed by atoms with van der Waals surface area (Å²) in [6.45, 7) is 2.53. The highest BCUT2D eigenvalue weighted by Gasteiger charge is 2.33. The molecule has 0 amide bonds. The van der Waals surface area contributed by atoms with E-state index in [1.807, 2.05) is 6.92 Å². The summed E-state index contributed by atoms with van der Waals surface area (Å²) in [5.74, 6) is 0.311. The summed E-state index contributed by atoms with van der Waals surface area (Å²) in [5.41, 5.74) is 0.551. The minimum atomic E-state index is -3.23. The van der Waals surface area contributed by atoms with Crippen LogP contribution in [-0.4, -0.2) is 54.2 Å². The van der Waals surface area contributed by atoms with E-state index >= 15 is 0 Å². The number of aromatic carboxylic acids is 1. The fourth-order valence-corrected chi connectivity index (χ4v) is 6.10. The van der Waals surface area contributed by atoms with Crippen LogP contribution >= 0.6 is 23.1 Å². The summed E-state index contributed by atoms with van der Waals surface area (Å²) in [5, 5.41) is 9.14. The number of thiazole rings is 1. The Kier molecular flexibility index (Phi) is 5.15. The van der Waals surface area contributed by atoms with Crippen molar-refractivity contribution in [3.8, 4) is 0 Å². The second-order valence-electron chi connectivity index (χ2n) is 4.88. The highest BCUT2D eigenvalue weighted by atomic mass is 32.2. The van der Waals surface area contributed by atoms with Gasteiger partial charge in [-0.25, -0.2) is 18.2 Å². The van der Waals surface area contributed by atoms with Crippen molar-refractivity contribution in [3.05, 3.63) is 10.6 Å². The number of carbonyl (C=O) groups is 1. The smallest absolute Gasteiger partial charge is 0.347 e. The predicted octanol–water partition coefficient (Wildman–Crippen LogP) is 1.72. The minimum absolute atomic E-state index is 0.220. The number of rotatable bonds is 5. The Morgan fingerprint density at radius 1 is 1.52 bits per heavy atom. The van der Waals surface area contributed by atoms with E-state index in [1.165, 1.54) is 6.26 Å². The number of aryl methyl sites for hydroxylation is 1. The van der Waals surface area contributed by atoms with Gasteiger partial charge in [0.2, 0.25) is 0 Å². The summed E-state index contributed by atoms with van der Waals surface area (Å²) in [7, 11) is -3.23. The van der Waals surface area contributed by atoms with Gasteiger partial charge in [0.25, 0.3) is 0 Å². The highest BCUT2D eigenvalue weighted by molar-refractivity contribution is 8.01. The van der Waals surface area contributed by atoms with E-state index in [2.05, 4.69) is 4.98 Å². The van der Waals surface area contributed by atoms with Gasteiger partial charge in [-0.15, -0.1) is 0 Å². The Morgan fingerprint density at radius 3 is 2.81 bits per heavy atom. The molecule has 1 unspecified atom stereocenters. The average Bonchev–Trinajstić information content (AvgIpc) is 2.82. The normalized spacial score (nSPS) is 19.7. The molecule has 21 heavy (non-hydrogen) atoms. The molecule has 0 bridgehead atoms. The number of carboxylic acid groups (broad SMARTS) is 1. The molecule has 1 aliphatic heterocycles. The van der Waals surface area contributed by atoms with Gasteiger partial charge < -0.3 is 10.0 Å². The molecular formula is C12H18N2O4S3. The van der Waals surface area contributed by atoms with Crippen LogP contribution in [0.15, 0.2) is 0 Å². The van der Waals surface area contributed by atoms with Crippen LogP contribution in [0.1, 0.15) is 28.7 Å². The van der Waals surface area contributed by atoms with E-state index in [-0.39, 0.29) is 4.88 Å². The molecule has 1 aromatic heterocycles. The third kappa shape index (κ3) is 3.70. The van der Waals surface area contributed by atoms with Crippen LogP contribution in [0.3, 0.4) is 0 Å². The molecular weight excluding hydrogens is 332 g/mol. The number of sulfone groups is 1. The van der Waals surface area contributed by atoms with Crippen molar-refractivity contribution in [1.82, 2.24) is 4.98 Å². The van der Waals surface area contributed by atoms with Crippen molar-refractivity contribution in [2.75, 3.05) is 29.2 Å². The van der Waals surface area contributed by atoms with Gasteiger partial charge in [0.1, 0.15) is 10.3 Å². The van der Waals surface area contributed by atoms with Crippen LogP contribution in [0.4, 0.5) is 5.13 Å². The first kappa shape index (κ1) is 16.6. The molecule has 0 spiro atoms. The first-order chi connectivity index (χ1) is 9.84. The van der Waals surface area contributed by atoms with Crippen LogP contribution < -0.4 is 4.90 Å². The topological polar surface area (TPSA) is 87.6 Å². The summed E-state index contributed by atoms with van der Waals surface area (Å²) in [4.78, 5) is 17.7. The van der Waals surface area contributed by atoms with Crippen molar-refractivity contribution in [2.45, 2.75) is 25.1 Å². The molecule has 0 saturated carbocycles. The van der Waals surface area contributed by atoms with Crippen LogP contribution in [-0.2, 0) is 16.3 Å². The number of carboxylic acids is 1. The molecule has 118 valence electrons. The molecule has 1 fully saturated rings. The zero-order valence-electron chi connectivity index (χ0n) is 11.9. The van der Waals surface area contributed by atoms with E-state index in [9.17, 15) is 18.3 Å². The fourth-order valence-electron chi connectivity index (χ4n) is 2.19. The van der Waals surface area contributed by atoms with Gasteiger partial charge in [-0.3, -0.25) is 0 Å². The Hall–Kier alpha value is -0.800. The predicted molar refractivity (Wildman–Crippen MR) is 86.4 cm³/mol. The Bertz CT molecular complexity index is 626. The maximum Gasteiger partial charge on any atom is 0.347 e. The number of hydrogen-bond acceptors (Lipinski definition) is 7. The van der Waals surface area contributed by atoms with Crippen LogP contribution in [0, 0.1) is 0 Å². The van der Waals surface area contributed by atoms with Gasteiger partial charge in [-0.1, -0.05) is 24.7 Å². The van der Waals surface area contributed by atoms with Gasteiger partial charge in [0.05, 0.1) is 5.69 Å². The largest absolute Gasteiger partial charge is 0.477 e. The van der Waals surface area contributed by atoms with E-state index in [4.69, 9.17) is 0 Å². The van der Waals surface area contributed by atoms with Gasteiger partial charge >= 0.3 is 5.97 Å². The summed E-state index contributed by atoms with van der Waals surface area (Å²) in [6, 6.07) is 0. The van der Waals surface area contributed by atoms with E-state index in [0.29, 0.717) is 29.5 Å². The van der Waals surface area contributed by atoms with Crippen molar-refractivity contribution >= 4 is 44.0 Å². The van der Waals surface area contributed by atoms with Crippen molar-refractivity contribution in [2.24, 2.45) is 0 Å². The number of aromatic nitrogens is 1. The third-order valence-corrected chi connectivity index (χ3v) is 6.96. The standard InChI is InChI=1S/C12H18N2O4S3/c1-3-4-8-10(11(15)16)20-12(13-8)14-5-6-19-7-9(14)21(2,17)18/h9H,3-7H2,1-2H3,(H,15,16). The lowest BCUT2D eigenvalue weighted by atomic mass is 10.2. The lowest BCUT2D eigenvalue weighted by Gasteiger charge is -2.33. The molecule has 0 radical (unpaired) electrons. The molecule has 1 aromatic rings. The SMILES string of the molecule is CCCc1nc(N2CCSCC2S(C)(=O)=O)sc1C(=O)O. The summed E-state index contributed by atoms with van der Waals surface area (Å²) < 4.78 is 23.9. The summed E-state index contributed by atoms with van der Waals surface area (Å²) >= 11 is 2.67. The molecule has 1 saturated heterocycles. The van der Waals surface area contributed by atoms with Crippen molar-refractivity contribution < 1.29 is 18.3 Å². The molecule has 6 nitrogen and oxygen atoms in total. The number of thioether (sulfide) groups is 1. The van der Waals surface area contributed by atoms with Crippen LogP contribution in [0.2, 0.25) is 0 Å². The average molecular weight is 350 g/mol. The quantitative estimate of drug-likeness (QED) is 0.865. The molecule has 9 heteroatoms.